The van der Waals surface area contributed by atoms with Gasteiger partial charge in [0.25, 0.3) is 0 Å². The Balaban J connectivity index is 1.41. The number of anilines is 2. The van der Waals surface area contributed by atoms with E-state index in [2.05, 4.69) is 21.3 Å². The van der Waals surface area contributed by atoms with Crippen LogP contribution in [-0.2, 0) is 4.74 Å². The van der Waals surface area contributed by atoms with Crippen LogP contribution in [0.25, 0.3) is 0 Å². The second-order valence-corrected chi connectivity index (χ2v) is 7.56. The predicted molar refractivity (Wildman–Crippen MR) is 115 cm³/mol. The van der Waals surface area contributed by atoms with Gasteiger partial charge in [-0.3, -0.25) is 0 Å². The van der Waals surface area contributed by atoms with E-state index in [1.165, 1.54) is 24.3 Å². The highest BCUT2D eigenvalue weighted by molar-refractivity contribution is 5.90. The van der Waals surface area contributed by atoms with Gasteiger partial charge in [0.2, 0.25) is 0 Å². The third-order valence-electron chi connectivity index (χ3n) is 5.14. The first-order chi connectivity index (χ1) is 15.8. The molecule has 1 heterocycles. The van der Waals surface area contributed by atoms with Crippen molar-refractivity contribution in [3.05, 3.63) is 59.9 Å². The Labute approximate surface area is 188 Å². The van der Waals surface area contributed by atoms with Crippen LogP contribution < -0.4 is 21.3 Å². The summed E-state index contributed by atoms with van der Waals surface area (Å²) >= 11 is 0. The zero-order valence-corrected chi connectivity index (χ0v) is 17.6. The minimum atomic E-state index is -0.777. The molecule has 2 aromatic rings. The van der Waals surface area contributed by atoms with E-state index in [1.807, 2.05) is 0 Å². The average molecular weight is 466 g/mol. The van der Waals surface area contributed by atoms with Gasteiger partial charge in [0.1, 0.15) is 23.6 Å². The molecule has 11 heteroatoms. The summed E-state index contributed by atoms with van der Waals surface area (Å²) in [5.74, 6) is -1.87. The molecule has 1 aliphatic rings. The van der Waals surface area contributed by atoms with E-state index in [1.54, 1.807) is 0 Å². The molecule has 0 bridgehead atoms. The maximum atomic E-state index is 13.7. The molecule has 0 saturated carbocycles. The molecule has 178 valence electrons. The smallest absolute Gasteiger partial charge is 0.319 e. The summed E-state index contributed by atoms with van der Waals surface area (Å²) in [7, 11) is 0. The van der Waals surface area contributed by atoms with E-state index in [4.69, 9.17) is 4.74 Å². The molecular weight excluding hydrogens is 441 g/mol. The number of rotatable bonds is 7. The summed E-state index contributed by atoms with van der Waals surface area (Å²) in [6, 6.07) is 6.35. The third-order valence-corrected chi connectivity index (χ3v) is 5.14. The minimum Gasteiger partial charge on any atom is -0.394 e. The van der Waals surface area contributed by atoms with Crippen LogP contribution >= 0.6 is 0 Å². The number of aliphatic hydroxyl groups is 1. The molecule has 3 rings (SSSR count). The number of halogens is 3. The van der Waals surface area contributed by atoms with Gasteiger partial charge in [-0.05, 0) is 55.7 Å². The Morgan fingerprint density at radius 1 is 0.970 bits per heavy atom. The second-order valence-electron chi connectivity index (χ2n) is 7.56. The zero-order valence-electron chi connectivity index (χ0n) is 17.6. The van der Waals surface area contributed by atoms with Crippen molar-refractivity contribution in [1.82, 2.24) is 10.6 Å². The highest BCUT2D eigenvalue weighted by Gasteiger charge is 2.32. The summed E-state index contributed by atoms with van der Waals surface area (Å²) in [5, 5.41) is 19.8. The molecule has 1 saturated heterocycles. The van der Waals surface area contributed by atoms with Crippen molar-refractivity contribution in [3.63, 3.8) is 0 Å². The Bertz CT molecular complexity index is 961. The van der Waals surface area contributed by atoms with Gasteiger partial charge in [-0.15, -0.1) is 0 Å². The standard InChI is InChI=1S/C22H25F3N4O4/c23-13-1-4-15(5-2-13)27-21(31)26-10-9-16-6-8-18(20(12-30)33-16)28-22(32)29-19-11-14(24)3-7-17(19)25/h1-5,7,11,16,18,20,30H,6,8-10,12H2,(H2,26,27,31)(H2,28,29,32)/t16-,18-,20+/m0/s1. The lowest BCUT2D eigenvalue weighted by molar-refractivity contribution is -0.0885. The number of urea groups is 2. The van der Waals surface area contributed by atoms with Gasteiger partial charge >= 0.3 is 12.1 Å². The number of hydrogen-bond acceptors (Lipinski definition) is 4. The lowest BCUT2D eigenvalue weighted by Crippen LogP contribution is -2.52. The molecular formula is C22H25F3N4O4. The first kappa shape index (κ1) is 24.3. The highest BCUT2D eigenvalue weighted by atomic mass is 19.1. The maximum absolute atomic E-state index is 13.7. The minimum absolute atomic E-state index is 0.255. The average Bonchev–Trinajstić information content (AvgIpc) is 2.78. The van der Waals surface area contributed by atoms with Crippen LogP contribution in [0.1, 0.15) is 19.3 Å². The van der Waals surface area contributed by atoms with Gasteiger partial charge in [-0.2, -0.15) is 0 Å². The van der Waals surface area contributed by atoms with Crippen LogP contribution in [0, 0.1) is 17.5 Å². The monoisotopic (exact) mass is 466 g/mol. The Hall–Kier alpha value is -3.31. The summed E-state index contributed by atoms with van der Waals surface area (Å²) in [5.41, 5.74) is 0.154. The van der Waals surface area contributed by atoms with Gasteiger partial charge in [0.05, 0.1) is 24.4 Å². The quantitative estimate of drug-likeness (QED) is 0.431. The van der Waals surface area contributed by atoms with E-state index in [9.17, 15) is 27.9 Å². The van der Waals surface area contributed by atoms with Crippen molar-refractivity contribution in [3.8, 4) is 0 Å². The third kappa shape index (κ3) is 7.36. The molecule has 0 aromatic heterocycles. The summed E-state index contributed by atoms with van der Waals surface area (Å²) < 4.78 is 45.7. The second kappa shape index (κ2) is 11.5. The maximum Gasteiger partial charge on any atom is 0.319 e. The van der Waals surface area contributed by atoms with Crippen molar-refractivity contribution in [1.29, 1.82) is 0 Å². The molecule has 3 atom stereocenters. The lowest BCUT2D eigenvalue weighted by Gasteiger charge is -2.36. The van der Waals surface area contributed by atoms with E-state index in [-0.39, 0.29) is 18.4 Å². The molecule has 2 aromatic carbocycles. The Morgan fingerprint density at radius 2 is 1.70 bits per heavy atom. The van der Waals surface area contributed by atoms with Crippen molar-refractivity contribution in [2.75, 3.05) is 23.8 Å². The fraction of sp³-hybridized carbons (Fsp3) is 0.364. The van der Waals surface area contributed by atoms with Gasteiger partial charge in [-0.25, -0.2) is 22.8 Å². The van der Waals surface area contributed by atoms with E-state index < -0.39 is 41.7 Å². The van der Waals surface area contributed by atoms with E-state index >= 15 is 0 Å². The van der Waals surface area contributed by atoms with Crippen LogP contribution in [-0.4, -0.2) is 48.6 Å². The number of benzene rings is 2. The van der Waals surface area contributed by atoms with Crippen LogP contribution in [0.3, 0.4) is 0 Å². The molecule has 8 nitrogen and oxygen atoms in total. The van der Waals surface area contributed by atoms with Gasteiger partial charge in [-0.1, -0.05) is 0 Å². The molecule has 1 fully saturated rings. The molecule has 1 aliphatic heterocycles. The fourth-order valence-corrected chi connectivity index (χ4v) is 3.48. The van der Waals surface area contributed by atoms with Crippen LogP contribution in [0.2, 0.25) is 0 Å². The number of carbonyl (C=O) groups is 2. The van der Waals surface area contributed by atoms with Crippen LogP contribution in [0.4, 0.5) is 34.1 Å². The SMILES string of the molecule is O=C(NCC[C@@H]1CC[C@H](NC(=O)Nc2cc(F)ccc2F)[C@@H](CO)O1)Nc1ccc(F)cc1. The van der Waals surface area contributed by atoms with Crippen LogP contribution in [0.15, 0.2) is 42.5 Å². The summed E-state index contributed by atoms with van der Waals surface area (Å²) in [6.07, 6.45) is 0.559. The first-order valence-electron chi connectivity index (χ1n) is 10.4. The molecule has 4 amide bonds. The summed E-state index contributed by atoms with van der Waals surface area (Å²) in [6.45, 7) is -0.0540. The number of ether oxygens (including phenoxy) is 1. The lowest BCUT2D eigenvalue weighted by atomic mass is 9.97. The Morgan fingerprint density at radius 3 is 2.42 bits per heavy atom. The van der Waals surface area contributed by atoms with E-state index in [0.717, 1.165) is 18.2 Å². The number of amides is 4. The van der Waals surface area contributed by atoms with Crippen molar-refractivity contribution >= 4 is 23.4 Å². The largest absolute Gasteiger partial charge is 0.394 e. The molecule has 0 aliphatic carbocycles. The molecule has 33 heavy (non-hydrogen) atoms. The zero-order chi connectivity index (χ0) is 23.8. The Kier molecular flexibility index (Phi) is 8.50. The van der Waals surface area contributed by atoms with E-state index in [0.29, 0.717) is 31.5 Å². The highest BCUT2D eigenvalue weighted by Crippen LogP contribution is 2.22. The molecule has 0 unspecified atom stereocenters. The number of hydrogen-bond donors (Lipinski definition) is 5. The predicted octanol–water partition coefficient (Wildman–Crippen LogP) is 3.35. The first-order valence-corrected chi connectivity index (χ1v) is 10.4. The number of carbonyl (C=O) groups excluding carboxylic acids is 2. The van der Waals surface area contributed by atoms with Gasteiger partial charge in [0.15, 0.2) is 0 Å². The number of nitrogens with one attached hydrogen (secondary N) is 4. The fourth-order valence-electron chi connectivity index (χ4n) is 3.48. The summed E-state index contributed by atoms with van der Waals surface area (Å²) in [4.78, 5) is 24.1. The van der Waals surface area contributed by atoms with Crippen LogP contribution in [0.5, 0.6) is 0 Å². The molecule has 5 N–H and O–H groups in total. The van der Waals surface area contributed by atoms with Gasteiger partial charge < -0.3 is 31.1 Å². The van der Waals surface area contributed by atoms with Gasteiger partial charge in [0, 0.05) is 18.3 Å². The normalized spacial score (nSPS) is 20.1. The topological polar surface area (TPSA) is 112 Å². The van der Waals surface area contributed by atoms with Crippen molar-refractivity contribution < 1.29 is 32.6 Å². The molecule has 0 spiro atoms. The number of aliphatic hydroxyl groups excluding tert-OH is 1. The van der Waals surface area contributed by atoms with Crippen molar-refractivity contribution in [2.45, 2.75) is 37.5 Å². The molecule has 0 radical (unpaired) electrons. The van der Waals surface area contributed by atoms with Crippen molar-refractivity contribution in [2.24, 2.45) is 0 Å².